The quantitative estimate of drug-likeness (QED) is 0.925. The highest BCUT2D eigenvalue weighted by Crippen LogP contribution is 2.29. The molecule has 1 saturated heterocycles. The number of hydrogen-bond donors (Lipinski definition) is 1. The zero-order valence-corrected chi connectivity index (χ0v) is 14.7. The molecule has 120 valence electrons. The fourth-order valence-corrected chi connectivity index (χ4v) is 3.24. The van der Waals surface area contributed by atoms with Gasteiger partial charge in [-0.2, -0.15) is 5.10 Å². The van der Waals surface area contributed by atoms with Gasteiger partial charge in [-0.05, 0) is 46.5 Å². The van der Waals surface area contributed by atoms with Crippen molar-refractivity contribution in [1.29, 1.82) is 0 Å². The molecule has 1 N–H and O–H groups in total. The van der Waals surface area contributed by atoms with Gasteiger partial charge >= 0.3 is 0 Å². The molecule has 1 aliphatic rings. The number of rotatable bonds is 4. The van der Waals surface area contributed by atoms with Gasteiger partial charge < -0.3 is 10.2 Å². The molecule has 0 saturated carbocycles. The highest BCUT2D eigenvalue weighted by Gasteiger charge is 2.25. The van der Waals surface area contributed by atoms with Crippen molar-refractivity contribution >= 4 is 5.82 Å². The van der Waals surface area contributed by atoms with Gasteiger partial charge in [0.2, 0.25) is 0 Å². The van der Waals surface area contributed by atoms with Crippen molar-refractivity contribution in [3.05, 3.63) is 11.3 Å². The maximum Gasteiger partial charge on any atom is 0.131 e. The monoisotopic (exact) mass is 292 g/mol. The summed E-state index contributed by atoms with van der Waals surface area (Å²) in [4.78, 5) is 2.55. The summed E-state index contributed by atoms with van der Waals surface area (Å²) in [5.41, 5.74) is 2.65. The van der Waals surface area contributed by atoms with Crippen molar-refractivity contribution in [2.75, 3.05) is 18.0 Å². The highest BCUT2D eigenvalue weighted by molar-refractivity contribution is 5.50. The molecule has 2 rings (SSSR count). The van der Waals surface area contributed by atoms with Gasteiger partial charge in [-0.3, -0.25) is 4.68 Å². The van der Waals surface area contributed by atoms with Crippen LogP contribution >= 0.6 is 0 Å². The van der Waals surface area contributed by atoms with Crippen molar-refractivity contribution in [3.8, 4) is 0 Å². The molecule has 1 fully saturated rings. The van der Waals surface area contributed by atoms with Crippen molar-refractivity contribution in [1.82, 2.24) is 15.1 Å². The summed E-state index contributed by atoms with van der Waals surface area (Å²) in [6.07, 6.45) is 3.96. The second-order valence-electron chi connectivity index (χ2n) is 7.48. The van der Waals surface area contributed by atoms with E-state index in [1.54, 1.807) is 0 Å². The Balaban J connectivity index is 2.21. The molecule has 0 aliphatic carbocycles. The molecule has 1 aromatic heterocycles. The Morgan fingerprint density at radius 2 is 2.05 bits per heavy atom. The van der Waals surface area contributed by atoms with E-state index in [1.807, 2.05) is 0 Å². The Labute approximate surface area is 129 Å². The topological polar surface area (TPSA) is 33.1 Å². The fourth-order valence-electron chi connectivity index (χ4n) is 3.24. The number of aromatic nitrogens is 2. The van der Waals surface area contributed by atoms with E-state index in [1.165, 1.54) is 37.2 Å². The smallest absolute Gasteiger partial charge is 0.131 e. The van der Waals surface area contributed by atoms with E-state index in [9.17, 15) is 0 Å². The predicted octanol–water partition coefficient (Wildman–Crippen LogP) is 3.24. The number of nitrogens with one attached hydrogen (secondary N) is 1. The summed E-state index contributed by atoms with van der Waals surface area (Å²) < 4.78 is 2.08. The minimum Gasteiger partial charge on any atom is -0.356 e. The molecule has 4 heteroatoms. The first kappa shape index (κ1) is 16.3. The lowest BCUT2D eigenvalue weighted by Crippen LogP contribution is -2.38. The number of piperidine rings is 1. The van der Waals surface area contributed by atoms with Crippen LogP contribution in [-0.2, 0) is 13.6 Å². The largest absolute Gasteiger partial charge is 0.356 e. The van der Waals surface area contributed by atoms with Gasteiger partial charge in [-0.15, -0.1) is 0 Å². The summed E-state index contributed by atoms with van der Waals surface area (Å²) >= 11 is 0. The Bertz CT molecular complexity index is 470. The predicted molar refractivity (Wildman–Crippen MR) is 89.8 cm³/mol. The van der Waals surface area contributed by atoms with Crippen LogP contribution in [0.5, 0.6) is 0 Å². The minimum absolute atomic E-state index is 0.132. The van der Waals surface area contributed by atoms with Gasteiger partial charge in [0.05, 0.1) is 5.69 Å². The molecular weight excluding hydrogens is 260 g/mol. The molecular formula is C17H32N4. The second-order valence-corrected chi connectivity index (χ2v) is 7.48. The van der Waals surface area contributed by atoms with Crippen LogP contribution in [0.4, 0.5) is 5.82 Å². The zero-order valence-electron chi connectivity index (χ0n) is 14.7. The lowest BCUT2D eigenvalue weighted by atomic mass is 9.95. The van der Waals surface area contributed by atoms with Gasteiger partial charge in [-0.1, -0.05) is 13.3 Å². The first-order chi connectivity index (χ1) is 9.81. The summed E-state index contributed by atoms with van der Waals surface area (Å²) in [7, 11) is 2.08. The van der Waals surface area contributed by atoms with E-state index in [-0.39, 0.29) is 5.54 Å². The SMILES string of the molecule is CCC1CCCN(c2c(CNC(C)(C)C)c(C)nn2C)C1. The van der Waals surface area contributed by atoms with E-state index in [0.717, 1.165) is 24.7 Å². The lowest BCUT2D eigenvalue weighted by molar-refractivity contribution is 0.397. The molecule has 2 heterocycles. The number of aryl methyl sites for hydroxylation is 2. The van der Waals surface area contributed by atoms with Gasteiger partial charge in [0, 0.05) is 37.8 Å². The zero-order chi connectivity index (χ0) is 15.6. The van der Waals surface area contributed by atoms with Crippen LogP contribution in [0.15, 0.2) is 0 Å². The Morgan fingerprint density at radius 1 is 1.33 bits per heavy atom. The van der Waals surface area contributed by atoms with Crippen LogP contribution in [-0.4, -0.2) is 28.4 Å². The molecule has 1 aliphatic heterocycles. The van der Waals surface area contributed by atoms with Crippen LogP contribution < -0.4 is 10.2 Å². The highest BCUT2D eigenvalue weighted by atomic mass is 15.4. The molecule has 1 unspecified atom stereocenters. The van der Waals surface area contributed by atoms with Crippen LogP contribution in [0.1, 0.15) is 58.2 Å². The van der Waals surface area contributed by atoms with E-state index >= 15 is 0 Å². The van der Waals surface area contributed by atoms with Gasteiger partial charge in [0.15, 0.2) is 0 Å². The van der Waals surface area contributed by atoms with Gasteiger partial charge in [0.1, 0.15) is 5.82 Å². The second kappa shape index (κ2) is 6.39. The summed E-state index contributed by atoms with van der Waals surface area (Å²) in [5, 5.41) is 8.29. The standard InChI is InChI=1S/C17H32N4/c1-7-14-9-8-10-21(12-14)16-15(11-18-17(3,4)5)13(2)19-20(16)6/h14,18H,7-12H2,1-6H3. The van der Waals surface area contributed by atoms with Crippen molar-refractivity contribution in [2.24, 2.45) is 13.0 Å². The summed E-state index contributed by atoms with van der Waals surface area (Å²) in [6.45, 7) is 14.3. The number of hydrogen-bond acceptors (Lipinski definition) is 3. The number of anilines is 1. The maximum atomic E-state index is 4.67. The maximum absolute atomic E-state index is 4.67. The van der Waals surface area contributed by atoms with Crippen LogP contribution in [0.2, 0.25) is 0 Å². The van der Waals surface area contributed by atoms with Crippen molar-refractivity contribution in [2.45, 2.75) is 66.0 Å². The molecule has 1 aromatic rings. The van der Waals surface area contributed by atoms with E-state index in [2.05, 4.69) is 61.7 Å². The molecule has 0 amide bonds. The average molecular weight is 292 g/mol. The van der Waals surface area contributed by atoms with Gasteiger partial charge in [0.25, 0.3) is 0 Å². The molecule has 0 spiro atoms. The summed E-state index contributed by atoms with van der Waals surface area (Å²) in [5.74, 6) is 2.15. The Hall–Kier alpha value is -1.03. The molecule has 0 aromatic carbocycles. The molecule has 21 heavy (non-hydrogen) atoms. The van der Waals surface area contributed by atoms with Crippen LogP contribution in [0.25, 0.3) is 0 Å². The van der Waals surface area contributed by atoms with Crippen molar-refractivity contribution < 1.29 is 0 Å². The van der Waals surface area contributed by atoms with Crippen molar-refractivity contribution in [3.63, 3.8) is 0 Å². The van der Waals surface area contributed by atoms with E-state index in [4.69, 9.17) is 0 Å². The Kier molecular flexibility index (Phi) is 4.97. The number of nitrogens with zero attached hydrogens (tertiary/aromatic N) is 3. The third-order valence-corrected chi connectivity index (χ3v) is 4.50. The Morgan fingerprint density at radius 3 is 2.67 bits per heavy atom. The summed E-state index contributed by atoms with van der Waals surface area (Å²) in [6, 6.07) is 0. The first-order valence-corrected chi connectivity index (χ1v) is 8.34. The molecule has 4 nitrogen and oxygen atoms in total. The van der Waals surface area contributed by atoms with Gasteiger partial charge in [-0.25, -0.2) is 0 Å². The van der Waals surface area contributed by atoms with E-state index < -0.39 is 0 Å². The molecule has 0 bridgehead atoms. The molecule has 1 atom stereocenters. The molecule has 0 radical (unpaired) electrons. The van der Waals surface area contributed by atoms with Crippen LogP contribution in [0, 0.1) is 12.8 Å². The first-order valence-electron chi connectivity index (χ1n) is 8.34. The third-order valence-electron chi connectivity index (χ3n) is 4.50. The normalized spacial score (nSPS) is 20.1. The van der Waals surface area contributed by atoms with E-state index in [0.29, 0.717) is 0 Å². The average Bonchev–Trinajstić information content (AvgIpc) is 2.70. The van der Waals surface area contributed by atoms with Crippen LogP contribution in [0.3, 0.4) is 0 Å². The minimum atomic E-state index is 0.132. The third kappa shape index (κ3) is 4.00. The lowest BCUT2D eigenvalue weighted by Gasteiger charge is -2.34. The fraction of sp³-hybridized carbons (Fsp3) is 0.824.